The van der Waals surface area contributed by atoms with Crippen LogP contribution in [0.5, 0.6) is 0 Å². The van der Waals surface area contributed by atoms with Crippen LogP contribution < -0.4 is 10.6 Å². The second kappa shape index (κ2) is 8.71. The van der Waals surface area contributed by atoms with Crippen LogP contribution in [0.25, 0.3) is 0 Å². The van der Waals surface area contributed by atoms with Gasteiger partial charge >= 0.3 is 0 Å². The molecule has 0 atom stereocenters. The molecule has 116 valence electrons. The van der Waals surface area contributed by atoms with Gasteiger partial charge in [-0.2, -0.15) is 0 Å². The summed E-state index contributed by atoms with van der Waals surface area (Å²) in [5, 5.41) is 5.96. The maximum Gasteiger partial charge on any atom is 0.254 e. The van der Waals surface area contributed by atoms with E-state index < -0.39 is 0 Å². The van der Waals surface area contributed by atoms with Crippen LogP contribution in [0.2, 0.25) is 0 Å². The molecule has 2 heterocycles. The lowest BCUT2D eigenvalue weighted by atomic mass is 10.2. The molecule has 0 spiro atoms. The topological polar surface area (TPSA) is 79.8 Å². The highest BCUT2D eigenvalue weighted by Crippen LogP contribution is 2.03. The minimum atomic E-state index is -0.130. The van der Waals surface area contributed by atoms with Crippen LogP contribution in [0.4, 0.5) is 5.95 Å². The number of nitrogens with zero attached hydrogens (tertiary/aromatic N) is 3. The molecule has 0 saturated heterocycles. The number of nitrogens with one attached hydrogen (secondary N) is 2. The van der Waals surface area contributed by atoms with Gasteiger partial charge in [0, 0.05) is 37.9 Å². The number of anilines is 1. The predicted octanol–water partition coefficient (Wildman–Crippen LogP) is 2.40. The molecule has 0 saturated carbocycles. The molecule has 0 aliphatic rings. The smallest absolute Gasteiger partial charge is 0.254 e. The van der Waals surface area contributed by atoms with E-state index in [2.05, 4.69) is 32.5 Å². The molecular formula is C16H21N5O. The number of carbonyl (C=O) groups excluding carboxylic acids is 1. The molecule has 2 N–H and O–H groups in total. The fraction of sp³-hybridized carbons (Fsp3) is 0.375. The molecule has 2 rings (SSSR count). The Balaban J connectivity index is 1.81. The molecule has 22 heavy (non-hydrogen) atoms. The summed E-state index contributed by atoms with van der Waals surface area (Å²) in [6.07, 6.45) is 9.83. The third-order valence-corrected chi connectivity index (χ3v) is 3.15. The van der Waals surface area contributed by atoms with Crippen LogP contribution in [0, 0.1) is 0 Å². The van der Waals surface area contributed by atoms with Gasteiger partial charge in [-0.1, -0.05) is 25.8 Å². The Hall–Kier alpha value is -2.50. The van der Waals surface area contributed by atoms with Crippen molar-refractivity contribution < 1.29 is 4.79 Å². The Labute approximate surface area is 130 Å². The number of rotatable bonds is 8. The number of carbonyl (C=O) groups is 1. The van der Waals surface area contributed by atoms with E-state index in [4.69, 9.17) is 0 Å². The number of hydrogen-bond acceptors (Lipinski definition) is 5. The van der Waals surface area contributed by atoms with E-state index in [1.54, 1.807) is 12.4 Å². The van der Waals surface area contributed by atoms with Crippen LogP contribution >= 0.6 is 0 Å². The van der Waals surface area contributed by atoms with Crippen molar-refractivity contribution in [3.8, 4) is 0 Å². The first-order chi connectivity index (χ1) is 10.8. The molecule has 2 aromatic rings. The highest BCUT2D eigenvalue weighted by molar-refractivity contribution is 5.93. The number of aromatic nitrogens is 3. The second-order valence-electron chi connectivity index (χ2n) is 4.97. The van der Waals surface area contributed by atoms with Gasteiger partial charge in [-0.25, -0.2) is 9.97 Å². The van der Waals surface area contributed by atoms with Crippen molar-refractivity contribution in [2.24, 2.45) is 0 Å². The lowest BCUT2D eigenvalue weighted by Gasteiger charge is -2.06. The molecule has 0 unspecified atom stereocenters. The van der Waals surface area contributed by atoms with E-state index in [0.29, 0.717) is 24.6 Å². The fourth-order valence-electron chi connectivity index (χ4n) is 1.90. The van der Waals surface area contributed by atoms with E-state index in [1.165, 1.54) is 12.4 Å². The summed E-state index contributed by atoms with van der Waals surface area (Å²) in [5.74, 6) is 0.362. The van der Waals surface area contributed by atoms with Gasteiger partial charge in [-0.3, -0.25) is 9.78 Å². The van der Waals surface area contributed by atoms with Crippen molar-refractivity contribution in [3.05, 3.63) is 48.0 Å². The Morgan fingerprint density at radius 1 is 1.18 bits per heavy atom. The van der Waals surface area contributed by atoms with Crippen molar-refractivity contribution >= 4 is 11.9 Å². The van der Waals surface area contributed by atoms with Gasteiger partial charge in [0.05, 0.1) is 5.56 Å². The molecular weight excluding hydrogens is 278 g/mol. The van der Waals surface area contributed by atoms with Crippen LogP contribution in [-0.2, 0) is 6.54 Å². The molecule has 6 nitrogen and oxygen atoms in total. The number of hydrogen-bond donors (Lipinski definition) is 2. The fourth-order valence-corrected chi connectivity index (χ4v) is 1.90. The van der Waals surface area contributed by atoms with Gasteiger partial charge in [0.25, 0.3) is 5.91 Å². The molecule has 6 heteroatoms. The largest absolute Gasteiger partial charge is 0.352 e. The molecule has 2 aromatic heterocycles. The van der Waals surface area contributed by atoms with Gasteiger partial charge < -0.3 is 10.6 Å². The zero-order chi connectivity index (χ0) is 15.6. The van der Waals surface area contributed by atoms with Crippen LogP contribution in [0.1, 0.15) is 42.1 Å². The predicted molar refractivity (Wildman–Crippen MR) is 85.5 cm³/mol. The number of pyridine rings is 1. The zero-order valence-corrected chi connectivity index (χ0v) is 12.7. The van der Waals surface area contributed by atoms with Crippen LogP contribution in [0.15, 0.2) is 36.9 Å². The van der Waals surface area contributed by atoms with E-state index >= 15 is 0 Å². The van der Waals surface area contributed by atoms with E-state index in [1.807, 2.05) is 12.1 Å². The summed E-state index contributed by atoms with van der Waals surface area (Å²) in [7, 11) is 0. The number of unbranched alkanes of at least 4 members (excludes halogenated alkanes) is 2. The van der Waals surface area contributed by atoms with E-state index in [0.717, 1.165) is 24.8 Å². The Kier molecular flexibility index (Phi) is 6.29. The monoisotopic (exact) mass is 299 g/mol. The van der Waals surface area contributed by atoms with Crippen molar-refractivity contribution in [1.82, 2.24) is 20.3 Å². The first-order valence-corrected chi connectivity index (χ1v) is 7.52. The third-order valence-electron chi connectivity index (χ3n) is 3.15. The van der Waals surface area contributed by atoms with Gasteiger partial charge in [-0.05, 0) is 18.1 Å². The molecule has 0 aromatic carbocycles. The highest BCUT2D eigenvalue weighted by atomic mass is 16.1. The lowest BCUT2D eigenvalue weighted by Crippen LogP contribution is -2.24. The molecule has 0 radical (unpaired) electrons. The standard InChI is InChI=1S/C16H21N5O/c1-2-3-4-8-18-15(22)14-11-20-16(21-12-14)19-10-13-6-5-7-17-9-13/h5-7,9,11-12H,2-4,8,10H2,1H3,(H,18,22)(H,19,20,21). The lowest BCUT2D eigenvalue weighted by molar-refractivity contribution is 0.0952. The molecule has 1 amide bonds. The first-order valence-electron chi connectivity index (χ1n) is 7.52. The Morgan fingerprint density at radius 3 is 2.68 bits per heavy atom. The molecule has 0 aliphatic heterocycles. The SMILES string of the molecule is CCCCCNC(=O)c1cnc(NCc2cccnc2)nc1. The maximum absolute atomic E-state index is 11.9. The van der Waals surface area contributed by atoms with Crippen LogP contribution in [-0.4, -0.2) is 27.4 Å². The van der Waals surface area contributed by atoms with Crippen molar-refractivity contribution in [1.29, 1.82) is 0 Å². The highest BCUT2D eigenvalue weighted by Gasteiger charge is 2.06. The average molecular weight is 299 g/mol. The van der Waals surface area contributed by atoms with Gasteiger partial charge in [0.15, 0.2) is 0 Å². The summed E-state index contributed by atoms with van der Waals surface area (Å²) in [4.78, 5) is 24.2. The van der Waals surface area contributed by atoms with Crippen LogP contribution in [0.3, 0.4) is 0 Å². The molecule has 0 bridgehead atoms. The Morgan fingerprint density at radius 2 is 2.00 bits per heavy atom. The minimum absolute atomic E-state index is 0.130. The van der Waals surface area contributed by atoms with E-state index in [9.17, 15) is 4.79 Å². The Bertz CT molecular complexity index is 571. The van der Waals surface area contributed by atoms with Gasteiger partial charge in [0.1, 0.15) is 0 Å². The van der Waals surface area contributed by atoms with E-state index in [-0.39, 0.29) is 5.91 Å². The quantitative estimate of drug-likeness (QED) is 0.732. The molecule has 0 fully saturated rings. The summed E-state index contributed by atoms with van der Waals surface area (Å²) < 4.78 is 0. The summed E-state index contributed by atoms with van der Waals surface area (Å²) in [5.41, 5.74) is 1.52. The average Bonchev–Trinajstić information content (AvgIpc) is 2.58. The minimum Gasteiger partial charge on any atom is -0.352 e. The van der Waals surface area contributed by atoms with Gasteiger partial charge in [-0.15, -0.1) is 0 Å². The molecule has 0 aliphatic carbocycles. The first kappa shape index (κ1) is 15.9. The normalized spacial score (nSPS) is 10.2. The van der Waals surface area contributed by atoms with Crippen molar-refractivity contribution in [3.63, 3.8) is 0 Å². The summed E-state index contributed by atoms with van der Waals surface area (Å²) in [6, 6.07) is 3.85. The zero-order valence-electron chi connectivity index (χ0n) is 12.7. The third kappa shape index (κ3) is 5.12. The maximum atomic E-state index is 11.9. The second-order valence-corrected chi connectivity index (χ2v) is 4.97. The summed E-state index contributed by atoms with van der Waals surface area (Å²) in [6.45, 7) is 3.41. The van der Waals surface area contributed by atoms with Crippen molar-refractivity contribution in [2.75, 3.05) is 11.9 Å². The number of amides is 1. The van der Waals surface area contributed by atoms with Crippen molar-refractivity contribution in [2.45, 2.75) is 32.7 Å². The van der Waals surface area contributed by atoms with Gasteiger partial charge in [0.2, 0.25) is 5.95 Å². The summed E-state index contributed by atoms with van der Waals surface area (Å²) >= 11 is 0.